The van der Waals surface area contributed by atoms with Crippen LogP contribution >= 0.6 is 11.6 Å². The Balaban J connectivity index is 1.60. The molecule has 2 atom stereocenters. The molecule has 1 saturated carbocycles. The summed E-state index contributed by atoms with van der Waals surface area (Å²) in [5, 5.41) is -1.21. The van der Waals surface area contributed by atoms with Crippen molar-refractivity contribution in [3.63, 3.8) is 0 Å². The third-order valence-electron chi connectivity index (χ3n) is 5.02. The predicted octanol–water partition coefficient (Wildman–Crippen LogP) is 6.48. The fraction of sp³-hybridized carbons (Fsp3) is 0.318. The molecule has 3 rings (SSSR count). The summed E-state index contributed by atoms with van der Waals surface area (Å²) >= 11 is 5.32. The second-order valence-electron chi connectivity index (χ2n) is 7.51. The summed E-state index contributed by atoms with van der Waals surface area (Å²) in [6.45, 7) is 3.44. The van der Waals surface area contributed by atoms with E-state index in [2.05, 4.69) is 0 Å². The van der Waals surface area contributed by atoms with Gasteiger partial charge in [0.2, 0.25) is 0 Å². The molecule has 0 unspecified atom stereocenters. The van der Waals surface area contributed by atoms with Gasteiger partial charge in [-0.15, -0.1) is 0 Å². The first-order valence-corrected chi connectivity index (χ1v) is 9.40. The third-order valence-corrected chi connectivity index (χ3v) is 5.36. The third kappa shape index (κ3) is 5.12. The number of allylic oxidation sites excluding steroid dienone is 2. The van der Waals surface area contributed by atoms with Crippen molar-refractivity contribution < 1.29 is 27.4 Å². The number of rotatable bonds is 6. The molecule has 0 bridgehead atoms. The van der Waals surface area contributed by atoms with Crippen molar-refractivity contribution in [1.29, 1.82) is 0 Å². The van der Waals surface area contributed by atoms with Crippen LogP contribution in [0.15, 0.2) is 65.7 Å². The monoisotopic (exact) mass is 424 g/mol. The second kappa shape index (κ2) is 8.11. The summed E-state index contributed by atoms with van der Waals surface area (Å²) in [5.41, 5.74) is 0.0754. The number of alkyl halides is 3. The summed E-state index contributed by atoms with van der Waals surface area (Å²) in [4.78, 5) is 12.4. The Bertz CT molecular complexity index is 907. The van der Waals surface area contributed by atoms with Crippen LogP contribution in [0.3, 0.4) is 0 Å². The van der Waals surface area contributed by atoms with Crippen molar-refractivity contribution in [1.82, 2.24) is 0 Å². The van der Waals surface area contributed by atoms with Crippen LogP contribution in [0.25, 0.3) is 0 Å². The largest absolute Gasteiger partial charge is 0.461 e. The average molecular weight is 425 g/mol. The molecule has 0 saturated heterocycles. The Hall–Kier alpha value is -2.47. The molecule has 1 aliphatic rings. The molecule has 3 nitrogen and oxygen atoms in total. The van der Waals surface area contributed by atoms with Gasteiger partial charge in [0.05, 0.1) is 5.92 Å². The van der Waals surface area contributed by atoms with E-state index in [1.807, 2.05) is 30.3 Å². The van der Waals surface area contributed by atoms with Crippen molar-refractivity contribution in [3.8, 4) is 11.5 Å². The number of halogens is 4. The van der Waals surface area contributed by atoms with Crippen LogP contribution in [0.2, 0.25) is 0 Å². The minimum absolute atomic E-state index is 0.000834. The quantitative estimate of drug-likeness (QED) is 0.498. The maximum absolute atomic E-state index is 12.7. The molecule has 0 radical (unpaired) electrons. The molecular weight excluding hydrogens is 405 g/mol. The molecule has 0 N–H and O–H groups in total. The van der Waals surface area contributed by atoms with Crippen LogP contribution in [0.1, 0.15) is 19.4 Å². The lowest BCUT2D eigenvalue weighted by Crippen LogP contribution is -2.11. The standard InChI is InChI=1S/C22H20ClF3O3/c1-21(2)17(12-18(23)22(24,25)26)19(21)20(27)28-13-14-7-6-10-16(11-14)29-15-8-4-3-5-9-15/h3-12,17,19H,13H2,1-2H3/b18-12+/t17-,19-/m0/s1. The number of para-hydroxylation sites is 1. The fourth-order valence-corrected chi connectivity index (χ4v) is 3.39. The molecule has 2 aromatic rings. The van der Waals surface area contributed by atoms with E-state index >= 15 is 0 Å². The van der Waals surface area contributed by atoms with E-state index in [1.165, 1.54) is 0 Å². The SMILES string of the molecule is CC1(C)[C@H](C(=O)OCc2cccc(Oc3ccccc3)c2)[C@@H]1/C=C(/Cl)C(F)(F)F. The normalized spacial score (nSPS) is 20.8. The van der Waals surface area contributed by atoms with Gasteiger partial charge >= 0.3 is 12.1 Å². The van der Waals surface area contributed by atoms with Crippen molar-refractivity contribution in [2.24, 2.45) is 17.3 Å². The van der Waals surface area contributed by atoms with Crippen LogP contribution < -0.4 is 4.74 Å². The van der Waals surface area contributed by atoms with Crippen molar-refractivity contribution in [3.05, 3.63) is 71.3 Å². The first-order chi connectivity index (χ1) is 13.6. The highest BCUT2D eigenvalue weighted by Gasteiger charge is 2.62. The molecule has 29 heavy (non-hydrogen) atoms. The number of hydrogen-bond donors (Lipinski definition) is 0. The number of benzene rings is 2. The zero-order valence-corrected chi connectivity index (χ0v) is 16.6. The summed E-state index contributed by atoms with van der Waals surface area (Å²) in [7, 11) is 0. The predicted molar refractivity (Wildman–Crippen MR) is 104 cm³/mol. The van der Waals surface area contributed by atoms with Gasteiger partial charge in [0.25, 0.3) is 0 Å². The Kier molecular flexibility index (Phi) is 5.94. The first kappa shape index (κ1) is 21.2. The van der Waals surface area contributed by atoms with E-state index in [4.69, 9.17) is 21.1 Å². The van der Waals surface area contributed by atoms with Gasteiger partial charge in [-0.25, -0.2) is 0 Å². The highest BCUT2D eigenvalue weighted by Crippen LogP contribution is 2.60. The van der Waals surface area contributed by atoms with Gasteiger partial charge in [0.15, 0.2) is 0 Å². The lowest BCUT2D eigenvalue weighted by molar-refractivity contribution is -0.147. The number of carbonyl (C=O) groups excluding carboxylic acids is 1. The van der Waals surface area contributed by atoms with Crippen molar-refractivity contribution in [2.75, 3.05) is 0 Å². The molecular formula is C22H20ClF3O3. The van der Waals surface area contributed by atoms with Gasteiger partial charge in [-0.2, -0.15) is 13.2 Å². The molecule has 2 aromatic carbocycles. The number of carbonyl (C=O) groups is 1. The van der Waals surface area contributed by atoms with Gasteiger partial charge in [0.1, 0.15) is 23.1 Å². The van der Waals surface area contributed by atoms with E-state index in [0.29, 0.717) is 17.1 Å². The molecule has 7 heteroatoms. The Labute approximate surface area is 172 Å². The maximum atomic E-state index is 12.7. The van der Waals surface area contributed by atoms with Crippen molar-refractivity contribution in [2.45, 2.75) is 26.6 Å². The van der Waals surface area contributed by atoms with Gasteiger partial charge in [-0.1, -0.05) is 61.9 Å². The van der Waals surface area contributed by atoms with E-state index in [0.717, 1.165) is 6.08 Å². The van der Waals surface area contributed by atoms with Gasteiger partial charge < -0.3 is 9.47 Å². The molecule has 1 fully saturated rings. The van der Waals surface area contributed by atoms with Crippen LogP contribution in [0.4, 0.5) is 13.2 Å². The molecule has 0 spiro atoms. The minimum Gasteiger partial charge on any atom is -0.461 e. The van der Waals surface area contributed by atoms with Crippen LogP contribution in [-0.2, 0) is 16.1 Å². The van der Waals surface area contributed by atoms with E-state index in [1.54, 1.807) is 38.1 Å². The molecule has 154 valence electrons. The maximum Gasteiger partial charge on any atom is 0.426 e. The lowest BCUT2D eigenvalue weighted by Gasteiger charge is -2.09. The zero-order chi connectivity index (χ0) is 21.2. The Morgan fingerprint density at radius 1 is 1.10 bits per heavy atom. The Morgan fingerprint density at radius 2 is 1.76 bits per heavy atom. The smallest absolute Gasteiger partial charge is 0.426 e. The highest BCUT2D eigenvalue weighted by atomic mass is 35.5. The van der Waals surface area contributed by atoms with Gasteiger partial charge in [-0.05, 0) is 41.2 Å². The van der Waals surface area contributed by atoms with Gasteiger partial charge in [-0.3, -0.25) is 4.79 Å². The Morgan fingerprint density at radius 3 is 2.41 bits per heavy atom. The van der Waals surface area contributed by atoms with E-state index < -0.39 is 34.4 Å². The average Bonchev–Trinajstić information content (AvgIpc) is 3.20. The summed E-state index contributed by atoms with van der Waals surface area (Å²) in [6, 6.07) is 16.3. The zero-order valence-electron chi connectivity index (χ0n) is 15.9. The van der Waals surface area contributed by atoms with Crippen LogP contribution in [0, 0.1) is 17.3 Å². The molecule has 1 aliphatic carbocycles. The summed E-state index contributed by atoms with van der Waals surface area (Å²) in [5.74, 6) is -0.552. The van der Waals surface area contributed by atoms with Crippen LogP contribution in [-0.4, -0.2) is 12.1 Å². The molecule has 0 amide bonds. The minimum atomic E-state index is -4.62. The van der Waals surface area contributed by atoms with E-state index in [9.17, 15) is 18.0 Å². The van der Waals surface area contributed by atoms with Gasteiger partial charge in [0, 0.05) is 0 Å². The van der Waals surface area contributed by atoms with E-state index in [-0.39, 0.29) is 6.61 Å². The molecule has 0 aromatic heterocycles. The highest BCUT2D eigenvalue weighted by molar-refractivity contribution is 6.30. The summed E-state index contributed by atoms with van der Waals surface area (Å²) in [6.07, 6.45) is -3.71. The number of ether oxygens (including phenoxy) is 2. The fourth-order valence-electron chi connectivity index (χ4n) is 3.26. The lowest BCUT2D eigenvalue weighted by atomic mass is 10.1. The first-order valence-electron chi connectivity index (χ1n) is 9.02. The molecule has 0 aliphatic heterocycles. The second-order valence-corrected chi connectivity index (χ2v) is 7.91. The summed E-state index contributed by atoms with van der Waals surface area (Å²) < 4.78 is 49.0. The van der Waals surface area contributed by atoms with Crippen LogP contribution in [0.5, 0.6) is 11.5 Å². The van der Waals surface area contributed by atoms with Crippen molar-refractivity contribution >= 4 is 17.6 Å². The number of esters is 1. The topological polar surface area (TPSA) is 35.5 Å². The number of hydrogen-bond acceptors (Lipinski definition) is 3. The molecule has 0 heterocycles.